The molecular weight excluding hydrogens is 346 g/mol. The molecule has 0 saturated heterocycles. The quantitative estimate of drug-likeness (QED) is 0.344. The van der Waals surface area contributed by atoms with E-state index in [0.29, 0.717) is 28.8 Å². The molecule has 134 valence electrons. The van der Waals surface area contributed by atoms with Gasteiger partial charge in [0.15, 0.2) is 16.7 Å². The van der Waals surface area contributed by atoms with Crippen LogP contribution in [0.15, 0.2) is 58.8 Å². The van der Waals surface area contributed by atoms with Crippen LogP contribution >= 0.6 is 11.8 Å². The molecule has 0 aliphatic rings. The van der Waals surface area contributed by atoms with Crippen molar-refractivity contribution in [3.63, 3.8) is 0 Å². The summed E-state index contributed by atoms with van der Waals surface area (Å²) in [7, 11) is 0. The number of hydrogen-bond acceptors (Lipinski definition) is 5. The Labute approximate surface area is 157 Å². The van der Waals surface area contributed by atoms with Gasteiger partial charge in [-0.25, -0.2) is 0 Å². The molecule has 2 heterocycles. The second kappa shape index (κ2) is 7.74. The third kappa shape index (κ3) is 3.65. The molecule has 26 heavy (non-hydrogen) atoms. The van der Waals surface area contributed by atoms with Crippen molar-refractivity contribution in [2.75, 3.05) is 0 Å². The molecule has 0 bridgehead atoms. The highest BCUT2D eigenvalue weighted by Gasteiger charge is 2.22. The minimum absolute atomic E-state index is 0.0748. The molecule has 3 rings (SSSR count). The van der Waals surface area contributed by atoms with Crippen LogP contribution in [0.4, 0.5) is 0 Å². The third-order valence-electron chi connectivity index (χ3n) is 4.21. The molecule has 0 spiro atoms. The topological polar surface area (TPSA) is 60.9 Å². The molecule has 1 aromatic carbocycles. The van der Waals surface area contributed by atoms with Crippen molar-refractivity contribution >= 4 is 17.5 Å². The number of carbonyl (C=O) groups is 1. The first-order chi connectivity index (χ1) is 12.5. The summed E-state index contributed by atoms with van der Waals surface area (Å²) in [6.07, 6.45) is 3.37. The van der Waals surface area contributed by atoms with Gasteiger partial charge in [-0.15, -0.1) is 16.8 Å². The van der Waals surface area contributed by atoms with E-state index in [1.165, 1.54) is 17.3 Å². The Morgan fingerprint density at radius 3 is 2.77 bits per heavy atom. The van der Waals surface area contributed by atoms with E-state index in [4.69, 9.17) is 4.42 Å². The van der Waals surface area contributed by atoms with E-state index in [9.17, 15) is 4.79 Å². The lowest BCUT2D eigenvalue weighted by atomic mass is 10.0. The summed E-state index contributed by atoms with van der Waals surface area (Å²) in [5.41, 5.74) is 3.01. The summed E-state index contributed by atoms with van der Waals surface area (Å²) in [4.78, 5) is 12.8. The highest BCUT2D eigenvalue weighted by Crippen LogP contribution is 2.29. The Hall–Kier alpha value is -2.60. The Morgan fingerprint density at radius 2 is 2.12 bits per heavy atom. The number of rotatable bonds is 7. The van der Waals surface area contributed by atoms with Gasteiger partial charge in [-0.2, -0.15) is 0 Å². The summed E-state index contributed by atoms with van der Waals surface area (Å²) < 4.78 is 7.34. The molecule has 2 aromatic heterocycles. The number of nitrogens with zero attached hydrogens (tertiary/aromatic N) is 3. The lowest BCUT2D eigenvalue weighted by Gasteiger charge is -2.12. The van der Waals surface area contributed by atoms with E-state index in [1.807, 2.05) is 49.6 Å². The van der Waals surface area contributed by atoms with Crippen LogP contribution in [0, 0.1) is 13.8 Å². The molecule has 0 N–H and O–H groups in total. The van der Waals surface area contributed by atoms with Crippen molar-refractivity contribution in [2.45, 2.75) is 37.7 Å². The fraction of sp³-hybridized carbons (Fsp3) is 0.250. The highest BCUT2D eigenvalue weighted by molar-refractivity contribution is 8.00. The standard InChI is InChI=1S/C20H21N3O2S/c1-5-10-23-19(17-7-6-11-25-17)21-22-20(23)26-15(4)18(24)16-9-8-13(2)14(3)12-16/h5-9,11-12,15H,1,10H2,2-4H3. The first kappa shape index (κ1) is 18.2. The predicted octanol–water partition coefficient (Wildman–Crippen LogP) is 4.70. The Kier molecular flexibility index (Phi) is 5.42. The molecule has 6 heteroatoms. The number of Topliss-reactive ketones (excluding diaryl/α,β-unsaturated/α-hetero) is 1. The van der Waals surface area contributed by atoms with Crippen molar-refractivity contribution in [2.24, 2.45) is 0 Å². The maximum Gasteiger partial charge on any atom is 0.200 e. The molecule has 0 amide bonds. The monoisotopic (exact) mass is 367 g/mol. The summed E-state index contributed by atoms with van der Waals surface area (Å²) in [5.74, 6) is 1.34. The van der Waals surface area contributed by atoms with Gasteiger partial charge in [-0.1, -0.05) is 30.0 Å². The van der Waals surface area contributed by atoms with Crippen LogP contribution in [-0.4, -0.2) is 25.8 Å². The molecule has 1 atom stereocenters. The number of aryl methyl sites for hydroxylation is 2. The number of ketones is 1. The van der Waals surface area contributed by atoms with E-state index in [0.717, 1.165) is 5.56 Å². The molecular formula is C20H21N3O2S. The van der Waals surface area contributed by atoms with Crippen LogP contribution in [0.3, 0.4) is 0 Å². The highest BCUT2D eigenvalue weighted by atomic mass is 32.2. The molecule has 0 fully saturated rings. The van der Waals surface area contributed by atoms with E-state index >= 15 is 0 Å². The Balaban J connectivity index is 1.84. The van der Waals surface area contributed by atoms with E-state index in [-0.39, 0.29) is 11.0 Å². The minimum atomic E-state index is -0.283. The third-order valence-corrected chi connectivity index (χ3v) is 5.29. The zero-order valence-electron chi connectivity index (χ0n) is 15.1. The summed E-state index contributed by atoms with van der Waals surface area (Å²) in [6.45, 7) is 10.3. The van der Waals surface area contributed by atoms with Crippen LogP contribution in [-0.2, 0) is 6.54 Å². The number of carbonyl (C=O) groups excluding carboxylic acids is 1. The lowest BCUT2D eigenvalue weighted by Crippen LogP contribution is -2.15. The van der Waals surface area contributed by atoms with Crippen molar-refractivity contribution < 1.29 is 9.21 Å². The average Bonchev–Trinajstić information content (AvgIpc) is 3.27. The molecule has 0 radical (unpaired) electrons. The fourth-order valence-electron chi connectivity index (χ4n) is 2.60. The van der Waals surface area contributed by atoms with Gasteiger partial charge in [0.05, 0.1) is 11.5 Å². The first-order valence-electron chi connectivity index (χ1n) is 8.37. The maximum atomic E-state index is 12.8. The number of thioether (sulfide) groups is 1. The maximum absolute atomic E-state index is 12.8. The number of furan rings is 1. The smallest absolute Gasteiger partial charge is 0.200 e. The van der Waals surface area contributed by atoms with Gasteiger partial charge in [0.2, 0.25) is 5.82 Å². The zero-order chi connectivity index (χ0) is 18.7. The number of hydrogen-bond donors (Lipinski definition) is 0. The summed E-state index contributed by atoms with van der Waals surface area (Å²) in [6, 6.07) is 9.44. The van der Waals surface area contributed by atoms with Crippen molar-refractivity contribution in [1.29, 1.82) is 0 Å². The lowest BCUT2D eigenvalue weighted by molar-refractivity contribution is 0.0993. The van der Waals surface area contributed by atoms with Gasteiger partial charge in [0.25, 0.3) is 0 Å². The first-order valence-corrected chi connectivity index (χ1v) is 9.25. The Morgan fingerprint density at radius 1 is 1.31 bits per heavy atom. The van der Waals surface area contributed by atoms with Crippen LogP contribution in [0.1, 0.15) is 28.4 Å². The average molecular weight is 367 g/mol. The molecule has 5 nitrogen and oxygen atoms in total. The molecule has 3 aromatic rings. The Bertz CT molecular complexity index is 929. The minimum Gasteiger partial charge on any atom is -0.461 e. The van der Waals surface area contributed by atoms with Crippen molar-refractivity contribution in [1.82, 2.24) is 14.8 Å². The number of aromatic nitrogens is 3. The van der Waals surface area contributed by atoms with Crippen LogP contribution in [0.2, 0.25) is 0 Å². The van der Waals surface area contributed by atoms with Gasteiger partial charge < -0.3 is 4.42 Å². The normalized spacial score (nSPS) is 12.1. The second-order valence-electron chi connectivity index (χ2n) is 6.11. The van der Waals surface area contributed by atoms with Gasteiger partial charge >= 0.3 is 0 Å². The van der Waals surface area contributed by atoms with E-state index in [1.54, 1.807) is 18.4 Å². The summed E-state index contributed by atoms with van der Waals surface area (Å²) >= 11 is 1.39. The van der Waals surface area contributed by atoms with Gasteiger partial charge in [-0.3, -0.25) is 9.36 Å². The predicted molar refractivity (Wildman–Crippen MR) is 103 cm³/mol. The molecule has 0 aliphatic carbocycles. The van der Waals surface area contributed by atoms with Gasteiger partial charge in [0.1, 0.15) is 0 Å². The molecule has 0 saturated carbocycles. The molecule has 0 aliphatic heterocycles. The number of allylic oxidation sites excluding steroid dienone is 1. The van der Waals surface area contributed by atoms with Crippen LogP contribution in [0.25, 0.3) is 11.6 Å². The SMILES string of the molecule is C=CCn1c(SC(C)C(=O)c2ccc(C)c(C)c2)nnc1-c1ccco1. The molecule has 1 unspecified atom stereocenters. The van der Waals surface area contributed by atoms with Crippen molar-refractivity contribution in [3.8, 4) is 11.6 Å². The zero-order valence-corrected chi connectivity index (χ0v) is 15.9. The van der Waals surface area contributed by atoms with Gasteiger partial charge in [-0.05, 0) is 50.1 Å². The second-order valence-corrected chi connectivity index (χ2v) is 7.41. The van der Waals surface area contributed by atoms with Crippen LogP contribution in [0.5, 0.6) is 0 Å². The van der Waals surface area contributed by atoms with Gasteiger partial charge in [0, 0.05) is 12.1 Å². The largest absolute Gasteiger partial charge is 0.461 e. The van der Waals surface area contributed by atoms with Crippen LogP contribution < -0.4 is 0 Å². The van der Waals surface area contributed by atoms with E-state index < -0.39 is 0 Å². The fourth-order valence-corrected chi connectivity index (χ4v) is 3.53. The van der Waals surface area contributed by atoms with Crippen molar-refractivity contribution in [3.05, 3.63) is 65.9 Å². The van der Waals surface area contributed by atoms with E-state index in [2.05, 4.69) is 16.8 Å². The number of benzene rings is 1. The summed E-state index contributed by atoms with van der Waals surface area (Å²) in [5, 5.41) is 8.87.